The molecular weight excluding hydrogens is 720 g/mol. The van der Waals surface area contributed by atoms with Crippen molar-refractivity contribution in [2.24, 2.45) is 24.6 Å². The minimum atomic E-state index is -1.02. The lowest BCUT2D eigenvalue weighted by atomic mass is 9.77. The number of benzene rings is 2. The van der Waals surface area contributed by atoms with E-state index < -0.39 is 59.1 Å². The van der Waals surface area contributed by atoms with E-state index in [2.05, 4.69) is 16.0 Å². The molecule has 3 rings (SSSR count). The van der Waals surface area contributed by atoms with Crippen LogP contribution in [-0.2, 0) is 47.7 Å². The van der Waals surface area contributed by atoms with Crippen molar-refractivity contribution in [1.29, 1.82) is 0 Å². The number of amides is 5. The number of carbonyl (C=O) groups is 6. The van der Waals surface area contributed by atoms with Crippen LogP contribution in [0.2, 0.25) is 0 Å². The molecular formula is C41H58N6O9. The van der Waals surface area contributed by atoms with Crippen molar-refractivity contribution in [3.63, 3.8) is 0 Å². The second-order valence-corrected chi connectivity index (χ2v) is 15.8. The van der Waals surface area contributed by atoms with Crippen molar-refractivity contribution in [3.8, 4) is 0 Å². The van der Waals surface area contributed by atoms with Gasteiger partial charge >= 0.3 is 24.2 Å². The quantitative estimate of drug-likeness (QED) is 0.0745. The second kappa shape index (κ2) is 19.3. The summed E-state index contributed by atoms with van der Waals surface area (Å²) >= 11 is 0. The van der Waals surface area contributed by atoms with Crippen molar-refractivity contribution >= 4 is 52.5 Å². The molecule has 2 aromatic carbocycles. The first kappa shape index (κ1) is 44.8. The number of fused-ring (bicyclic) bond motifs is 1. The molecule has 5 N–H and O–H groups in total. The van der Waals surface area contributed by atoms with Crippen LogP contribution < -0.4 is 21.7 Å². The molecule has 306 valence electrons. The minimum absolute atomic E-state index is 0.120. The Morgan fingerprint density at radius 1 is 0.946 bits per heavy atom. The van der Waals surface area contributed by atoms with E-state index in [4.69, 9.17) is 19.9 Å². The molecule has 0 aliphatic heterocycles. The summed E-state index contributed by atoms with van der Waals surface area (Å²) in [6.07, 6.45) is 0.933. The van der Waals surface area contributed by atoms with Gasteiger partial charge in [0.1, 0.15) is 18.2 Å². The number of ether oxygens (including phenoxy) is 3. The van der Waals surface area contributed by atoms with Gasteiger partial charge in [-0.05, 0) is 68.9 Å². The van der Waals surface area contributed by atoms with Crippen LogP contribution in [-0.4, -0.2) is 83.7 Å². The fourth-order valence-electron chi connectivity index (χ4n) is 6.64. The summed E-state index contributed by atoms with van der Waals surface area (Å²) in [4.78, 5) is 78.6. The standard InChI is InChI=1S/C41H58N6O9/c1-25(2)33(45-38(52)56-40(3,4)5)32(48)22-27(14-13-21-43-37(42)51)35(49)44-28-19-17-26(18-20-28)24-55-39(53)47(9)34(36(50)54-10)41(6,7)30-23-46(8)31-16-12-11-15-29(30)31/h11-12,15-20,23,25,27,33-34H,13-14,21-22,24H2,1-10H3,(H,44,49)(H,45,52)(H3,42,43,51)/t27-,33?,34-/m1/s1. The Labute approximate surface area is 329 Å². The lowest BCUT2D eigenvalue weighted by Gasteiger charge is -2.37. The highest BCUT2D eigenvalue weighted by Crippen LogP contribution is 2.37. The number of nitrogens with one attached hydrogen (secondary N) is 3. The number of nitrogens with zero attached hydrogens (tertiary/aromatic N) is 2. The third-order valence-electron chi connectivity index (χ3n) is 9.49. The smallest absolute Gasteiger partial charge is 0.410 e. The maximum absolute atomic E-state index is 13.6. The van der Waals surface area contributed by atoms with E-state index in [0.717, 1.165) is 16.5 Å². The van der Waals surface area contributed by atoms with Crippen LogP contribution in [0.3, 0.4) is 0 Å². The number of Topliss-reactive ketones (excluding diaryl/α,β-unsaturated/α-hetero) is 1. The number of primary amides is 1. The summed E-state index contributed by atoms with van der Waals surface area (Å²) in [5.41, 5.74) is 6.46. The number of ketones is 1. The molecule has 0 saturated carbocycles. The average Bonchev–Trinajstić information content (AvgIpc) is 3.47. The lowest BCUT2D eigenvalue weighted by molar-refractivity contribution is -0.148. The summed E-state index contributed by atoms with van der Waals surface area (Å²) < 4.78 is 18.1. The summed E-state index contributed by atoms with van der Waals surface area (Å²) in [7, 11) is 4.70. The van der Waals surface area contributed by atoms with Gasteiger partial charge in [-0.2, -0.15) is 0 Å². The number of carbonyl (C=O) groups excluding carboxylic acids is 6. The van der Waals surface area contributed by atoms with Crippen LogP contribution in [0.4, 0.5) is 20.1 Å². The number of para-hydroxylation sites is 1. The van der Waals surface area contributed by atoms with Crippen LogP contribution in [0.1, 0.15) is 78.9 Å². The van der Waals surface area contributed by atoms with E-state index in [-0.39, 0.29) is 37.7 Å². The molecule has 15 nitrogen and oxygen atoms in total. The Bertz CT molecular complexity index is 1860. The molecule has 0 saturated heterocycles. The molecule has 3 atom stereocenters. The van der Waals surface area contributed by atoms with Gasteiger partial charge in [0, 0.05) is 61.2 Å². The molecule has 0 fully saturated rings. The molecule has 5 amide bonds. The van der Waals surface area contributed by atoms with Gasteiger partial charge in [0.05, 0.1) is 13.2 Å². The zero-order chi connectivity index (χ0) is 42.0. The molecule has 0 spiro atoms. The van der Waals surface area contributed by atoms with E-state index in [1.807, 2.05) is 55.9 Å². The predicted octanol–water partition coefficient (Wildman–Crippen LogP) is 5.78. The first-order valence-electron chi connectivity index (χ1n) is 18.6. The SMILES string of the molecule is COC(=O)[C@@H](N(C)C(=O)OCc1ccc(NC(=O)[C@H](CCCNC(N)=O)CC(=O)C(NC(=O)OC(C)(C)C)C(C)C)cc1)C(C)(C)c1cn(C)c2ccccc12. The number of aromatic nitrogens is 1. The molecule has 1 unspecified atom stereocenters. The highest BCUT2D eigenvalue weighted by Gasteiger charge is 2.44. The average molecular weight is 779 g/mol. The summed E-state index contributed by atoms with van der Waals surface area (Å²) in [5.74, 6) is -2.44. The zero-order valence-electron chi connectivity index (χ0n) is 34.2. The van der Waals surface area contributed by atoms with E-state index >= 15 is 0 Å². The largest absolute Gasteiger partial charge is 0.467 e. The number of anilines is 1. The number of rotatable bonds is 17. The number of methoxy groups -OCH3 is 1. The number of aryl methyl sites for hydroxylation is 1. The molecule has 56 heavy (non-hydrogen) atoms. The van der Waals surface area contributed by atoms with Gasteiger partial charge in [-0.15, -0.1) is 0 Å². The maximum Gasteiger partial charge on any atom is 0.410 e. The molecule has 0 bridgehead atoms. The van der Waals surface area contributed by atoms with Gasteiger partial charge in [0.25, 0.3) is 0 Å². The monoisotopic (exact) mass is 778 g/mol. The number of hydrogen-bond acceptors (Lipinski definition) is 9. The van der Waals surface area contributed by atoms with E-state index in [0.29, 0.717) is 17.7 Å². The highest BCUT2D eigenvalue weighted by atomic mass is 16.6. The normalized spacial score (nSPS) is 13.3. The van der Waals surface area contributed by atoms with Gasteiger partial charge in [0.15, 0.2) is 5.78 Å². The van der Waals surface area contributed by atoms with Crippen LogP contribution in [0, 0.1) is 11.8 Å². The molecule has 0 aliphatic carbocycles. The van der Waals surface area contributed by atoms with Crippen molar-refractivity contribution in [2.75, 3.05) is 26.0 Å². The van der Waals surface area contributed by atoms with E-state index in [1.165, 1.54) is 19.1 Å². The minimum Gasteiger partial charge on any atom is -0.467 e. The Hall–Kier alpha value is -5.60. The fourth-order valence-corrected chi connectivity index (χ4v) is 6.64. The topological polar surface area (TPSA) is 200 Å². The molecule has 15 heteroatoms. The maximum atomic E-state index is 13.6. The van der Waals surface area contributed by atoms with Gasteiger partial charge in [-0.25, -0.2) is 19.2 Å². The molecule has 1 heterocycles. The van der Waals surface area contributed by atoms with Crippen molar-refractivity contribution in [2.45, 2.75) is 97.4 Å². The predicted molar refractivity (Wildman–Crippen MR) is 213 cm³/mol. The van der Waals surface area contributed by atoms with Crippen LogP contribution in [0.25, 0.3) is 10.9 Å². The Balaban J connectivity index is 1.70. The number of esters is 1. The molecule has 3 aromatic rings. The van der Waals surface area contributed by atoms with Crippen LogP contribution in [0.15, 0.2) is 54.7 Å². The summed E-state index contributed by atoms with van der Waals surface area (Å²) in [6, 6.07) is 11.8. The Morgan fingerprint density at radius 2 is 1.59 bits per heavy atom. The van der Waals surface area contributed by atoms with Crippen molar-refractivity contribution in [1.82, 2.24) is 20.1 Å². The third-order valence-corrected chi connectivity index (χ3v) is 9.49. The third kappa shape index (κ3) is 12.2. The van der Waals surface area contributed by atoms with Crippen LogP contribution in [0.5, 0.6) is 0 Å². The number of alkyl carbamates (subject to hydrolysis) is 1. The Kier molecular flexibility index (Phi) is 15.5. The van der Waals surface area contributed by atoms with E-state index in [9.17, 15) is 28.8 Å². The summed E-state index contributed by atoms with van der Waals surface area (Å²) in [5, 5.41) is 8.92. The number of likely N-dealkylation sites (N-methyl/N-ethyl adjacent to an activating group) is 1. The van der Waals surface area contributed by atoms with Crippen LogP contribution >= 0.6 is 0 Å². The fraction of sp³-hybridized carbons (Fsp3) is 0.512. The van der Waals surface area contributed by atoms with Gasteiger partial charge in [-0.1, -0.05) is 58.0 Å². The highest BCUT2D eigenvalue weighted by molar-refractivity contribution is 5.97. The molecule has 1 aromatic heterocycles. The first-order valence-corrected chi connectivity index (χ1v) is 18.6. The molecule has 0 radical (unpaired) electrons. The zero-order valence-corrected chi connectivity index (χ0v) is 34.2. The number of nitrogens with two attached hydrogens (primary N) is 1. The lowest BCUT2D eigenvalue weighted by Crippen LogP contribution is -2.53. The second-order valence-electron chi connectivity index (χ2n) is 15.8. The van der Waals surface area contributed by atoms with Crippen molar-refractivity contribution < 1.29 is 43.0 Å². The van der Waals surface area contributed by atoms with Gasteiger partial charge in [-0.3, -0.25) is 14.5 Å². The Morgan fingerprint density at radius 3 is 2.18 bits per heavy atom. The number of hydrogen-bond donors (Lipinski definition) is 4. The summed E-state index contributed by atoms with van der Waals surface area (Å²) in [6.45, 7) is 12.6. The number of urea groups is 1. The van der Waals surface area contributed by atoms with Gasteiger partial charge in [0.2, 0.25) is 5.91 Å². The molecule has 0 aliphatic rings. The first-order chi connectivity index (χ1) is 26.2. The van der Waals surface area contributed by atoms with E-state index in [1.54, 1.807) is 58.9 Å². The van der Waals surface area contributed by atoms with Crippen molar-refractivity contribution in [3.05, 3.63) is 65.9 Å². The van der Waals surface area contributed by atoms with Gasteiger partial charge < -0.3 is 40.5 Å².